The summed E-state index contributed by atoms with van der Waals surface area (Å²) in [5.41, 5.74) is 0. The molecule has 3 nitrogen and oxygen atoms in total. The van der Waals surface area contributed by atoms with Crippen molar-refractivity contribution in [3.05, 3.63) is 0 Å². The topological polar surface area (TPSA) is 27.7 Å². The molecule has 21 heavy (non-hydrogen) atoms. The molecular weight excluding hydrogens is 385 g/mol. The van der Waals surface area contributed by atoms with Crippen LogP contribution in [0.5, 0.6) is 0 Å². The fourth-order valence-electron chi connectivity index (χ4n) is 0.892. The van der Waals surface area contributed by atoms with Crippen LogP contribution in [0.15, 0.2) is 0 Å². The van der Waals surface area contributed by atoms with Gasteiger partial charge in [0.1, 0.15) is 0 Å². The maximum absolute atomic E-state index is 5.52. The maximum Gasteiger partial charge on any atom is 0.231 e. The van der Waals surface area contributed by atoms with Crippen molar-refractivity contribution < 1.29 is 14.2 Å². The van der Waals surface area contributed by atoms with Crippen LogP contribution in [-0.4, -0.2) is 45.7 Å². The highest BCUT2D eigenvalue weighted by molar-refractivity contribution is 8.83. The van der Waals surface area contributed by atoms with Crippen molar-refractivity contribution >= 4 is 76.4 Å². The number of thiocarbonyl (C=S) groups is 2. The van der Waals surface area contributed by atoms with Gasteiger partial charge >= 0.3 is 0 Å². The van der Waals surface area contributed by atoms with Gasteiger partial charge in [-0.3, -0.25) is 0 Å². The summed E-state index contributed by atoms with van der Waals surface area (Å²) >= 11 is 10.1. The highest BCUT2D eigenvalue weighted by Gasteiger charge is 2.03. The second-order valence-corrected chi connectivity index (χ2v) is 10.3. The highest BCUT2D eigenvalue weighted by Crippen LogP contribution is 2.25. The van der Waals surface area contributed by atoms with Crippen LogP contribution in [0.2, 0.25) is 0 Å². The Bertz CT molecular complexity index is 271. The summed E-state index contributed by atoms with van der Waals surface area (Å²) in [6, 6.07) is 0. The smallest absolute Gasteiger partial charge is 0.231 e. The first-order chi connectivity index (χ1) is 9.91. The Morgan fingerprint density at radius 3 is 1.52 bits per heavy atom. The van der Waals surface area contributed by atoms with Gasteiger partial charge in [-0.1, -0.05) is 21.6 Å². The van der Waals surface area contributed by atoms with E-state index in [0.29, 0.717) is 22.0 Å². The quantitative estimate of drug-likeness (QED) is 0.276. The van der Waals surface area contributed by atoms with Gasteiger partial charge in [0.05, 0.1) is 25.4 Å². The summed E-state index contributed by atoms with van der Waals surface area (Å²) in [6.45, 7) is 9.28. The van der Waals surface area contributed by atoms with Crippen LogP contribution in [-0.2, 0) is 14.2 Å². The van der Waals surface area contributed by atoms with E-state index in [1.54, 1.807) is 21.6 Å². The first-order valence-corrected chi connectivity index (χ1v) is 11.9. The lowest BCUT2D eigenvalue weighted by molar-refractivity contribution is 0.167. The Balaban J connectivity index is 3.26. The number of rotatable bonds is 10. The zero-order chi connectivity index (χ0) is 16.1. The molecule has 0 aromatic carbocycles. The minimum Gasteiger partial charge on any atom is -0.475 e. The van der Waals surface area contributed by atoms with Crippen LogP contribution >= 0.6 is 67.6 Å². The van der Waals surface area contributed by atoms with E-state index < -0.39 is 0 Å². The van der Waals surface area contributed by atoms with Gasteiger partial charge in [0.15, 0.2) is 0 Å². The number of hydrogen-bond donors (Lipinski definition) is 0. The monoisotopic (exact) mass is 406 g/mol. The van der Waals surface area contributed by atoms with Crippen LogP contribution in [0.3, 0.4) is 0 Å². The van der Waals surface area contributed by atoms with Crippen molar-refractivity contribution in [3.8, 4) is 0 Å². The van der Waals surface area contributed by atoms with Crippen molar-refractivity contribution in [2.24, 2.45) is 0 Å². The number of ether oxygens (including phenoxy) is 3. The maximum atomic E-state index is 5.52. The predicted molar refractivity (Wildman–Crippen MR) is 109 cm³/mol. The molecule has 0 aromatic rings. The van der Waals surface area contributed by atoms with Crippen LogP contribution in [0.1, 0.15) is 27.7 Å². The molecule has 124 valence electrons. The predicted octanol–water partition coefficient (Wildman–Crippen LogP) is 5.19. The largest absolute Gasteiger partial charge is 0.475 e. The fraction of sp³-hybridized carbons (Fsp3) is 0.833. The molecule has 0 saturated carbocycles. The Morgan fingerprint density at radius 2 is 1.19 bits per heavy atom. The molecular formula is C12H22O3S6. The van der Waals surface area contributed by atoms with E-state index >= 15 is 0 Å². The molecule has 0 bridgehead atoms. The van der Waals surface area contributed by atoms with E-state index in [4.69, 9.17) is 38.6 Å². The second-order valence-electron chi connectivity index (χ2n) is 4.26. The molecule has 0 fully saturated rings. The normalized spacial score (nSPS) is 11.0. The van der Waals surface area contributed by atoms with Crippen LogP contribution < -0.4 is 0 Å². The first kappa shape index (κ1) is 22.1. The van der Waals surface area contributed by atoms with Gasteiger partial charge in [-0.2, -0.15) is 0 Å². The molecule has 9 heteroatoms. The third-order valence-corrected chi connectivity index (χ3v) is 6.85. The molecule has 0 saturated heterocycles. The molecule has 0 aliphatic carbocycles. The van der Waals surface area contributed by atoms with Crippen LogP contribution in [0.4, 0.5) is 0 Å². The SMILES string of the molecule is CC(C)OC(=S)SSCCOCCSSC(=S)OC(C)C. The third kappa shape index (κ3) is 17.3. The van der Waals surface area contributed by atoms with Crippen molar-refractivity contribution in [2.45, 2.75) is 39.9 Å². The minimum atomic E-state index is 0.141. The second kappa shape index (κ2) is 14.7. The molecule has 0 aliphatic rings. The van der Waals surface area contributed by atoms with Crippen molar-refractivity contribution in [1.29, 1.82) is 0 Å². The third-order valence-electron chi connectivity index (χ3n) is 1.54. The van der Waals surface area contributed by atoms with E-state index in [-0.39, 0.29) is 12.2 Å². The van der Waals surface area contributed by atoms with E-state index in [1.807, 2.05) is 27.7 Å². The standard InChI is InChI=1S/C12H22O3S6/c1-9(2)14-11(16)20-18-7-5-13-6-8-19-21-12(17)15-10(3)4/h9-10H,5-8H2,1-4H3. The lowest BCUT2D eigenvalue weighted by Crippen LogP contribution is -2.06. The summed E-state index contributed by atoms with van der Waals surface area (Å²) in [6.07, 6.45) is 0.282. The van der Waals surface area contributed by atoms with Gasteiger partial charge in [0.2, 0.25) is 8.77 Å². The first-order valence-electron chi connectivity index (χ1n) is 6.49. The fourth-order valence-corrected chi connectivity index (χ4v) is 5.06. The summed E-state index contributed by atoms with van der Waals surface area (Å²) < 4.78 is 17.4. The Morgan fingerprint density at radius 1 is 0.810 bits per heavy atom. The molecule has 0 unspecified atom stereocenters. The lowest BCUT2D eigenvalue weighted by Gasteiger charge is -2.09. The molecule has 0 amide bonds. The van der Waals surface area contributed by atoms with E-state index in [9.17, 15) is 0 Å². The Kier molecular flexibility index (Phi) is 15.5. The highest BCUT2D eigenvalue weighted by atomic mass is 33.1. The van der Waals surface area contributed by atoms with Gasteiger partial charge in [-0.25, -0.2) is 0 Å². The Labute approximate surface area is 154 Å². The average molecular weight is 407 g/mol. The van der Waals surface area contributed by atoms with E-state index in [2.05, 4.69) is 0 Å². The summed E-state index contributed by atoms with van der Waals surface area (Å²) in [5.74, 6) is 1.78. The van der Waals surface area contributed by atoms with Crippen molar-refractivity contribution in [3.63, 3.8) is 0 Å². The van der Waals surface area contributed by atoms with Crippen LogP contribution in [0, 0.1) is 0 Å². The van der Waals surface area contributed by atoms with E-state index in [1.165, 1.54) is 21.6 Å². The lowest BCUT2D eigenvalue weighted by atomic mass is 10.5. The van der Waals surface area contributed by atoms with Gasteiger partial charge in [-0.05, 0) is 73.7 Å². The average Bonchev–Trinajstić information content (AvgIpc) is 2.34. The molecule has 0 aromatic heterocycles. The van der Waals surface area contributed by atoms with Gasteiger partial charge in [0, 0.05) is 11.5 Å². The van der Waals surface area contributed by atoms with Crippen molar-refractivity contribution in [1.82, 2.24) is 0 Å². The van der Waals surface area contributed by atoms with Gasteiger partial charge in [-0.15, -0.1) is 0 Å². The molecule has 0 spiro atoms. The van der Waals surface area contributed by atoms with Gasteiger partial charge in [0.25, 0.3) is 0 Å². The van der Waals surface area contributed by atoms with E-state index in [0.717, 1.165) is 11.5 Å². The van der Waals surface area contributed by atoms with Gasteiger partial charge < -0.3 is 14.2 Å². The summed E-state index contributed by atoms with van der Waals surface area (Å²) in [4.78, 5) is 0. The molecule has 0 aliphatic heterocycles. The zero-order valence-corrected chi connectivity index (χ0v) is 17.6. The molecule has 0 atom stereocenters. The molecule has 0 rings (SSSR count). The summed E-state index contributed by atoms with van der Waals surface area (Å²) in [5, 5.41) is 0. The Hall–Kier alpha value is 1.14. The zero-order valence-electron chi connectivity index (χ0n) is 12.7. The minimum absolute atomic E-state index is 0.141. The number of hydrogen-bond acceptors (Lipinski definition) is 9. The van der Waals surface area contributed by atoms with Crippen LogP contribution in [0.25, 0.3) is 0 Å². The molecule has 0 heterocycles. The molecule has 0 N–H and O–H groups in total. The summed E-state index contributed by atoms with van der Waals surface area (Å²) in [7, 11) is 6.27. The van der Waals surface area contributed by atoms with Crippen molar-refractivity contribution in [2.75, 3.05) is 24.7 Å². The molecule has 0 radical (unpaired) electrons.